The minimum absolute atomic E-state index is 0.0824. The van der Waals surface area contributed by atoms with Crippen molar-refractivity contribution in [2.24, 2.45) is 0 Å². The molecule has 0 aliphatic heterocycles. The van der Waals surface area contributed by atoms with Gasteiger partial charge in [0.25, 0.3) is 11.6 Å². The molecular formula is C13H14N4O3S2. The normalized spacial score (nSPS) is 10.7. The van der Waals surface area contributed by atoms with Crippen molar-refractivity contribution in [2.75, 3.05) is 5.32 Å². The van der Waals surface area contributed by atoms with E-state index >= 15 is 0 Å². The maximum atomic E-state index is 12.2. The maximum absolute atomic E-state index is 12.2. The topological polar surface area (TPSA) is 98.0 Å². The number of carbonyl (C=O) groups is 1. The van der Waals surface area contributed by atoms with E-state index in [9.17, 15) is 14.9 Å². The second-order valence-electron chi connectivity index (χ2n) is 4.70. The maximum Gasteiger partial charge on any atom is 0.273 e. The molecule has 0 aliphatic carbocycles. The Morgan fingerprint density at radius 3 is 2.77 bits per heavy atom. The first-order valence-electron chi connectivity index (χ1n) is 6.44. The lowest BCUT2D eigenvalue weighted by Crippen LogP contribution is -2.14. The fourth-order valence-electron chi connectivity index (χ4n) is 1.74. The largest absolute Gasteiger partial charge is 0.296 e. The summed E-state index contributed by atoms with van der Waals surface area (Å²) in [6.07, 6.45) is 0. The molecular weight excluding hydrogens is 324 g/mol. The van der Waals surface area contributed by atoms with Crippen LogP contribution in [0.3, 0.4) is 0 Å². The highest BCUT2D eigenvalue weighted by atomic mass is 32.2. The van der Waals surface area contributed by atoms with E-state index in [4.69, 9.17) is 0 Å². The Balaban J connectivity index is 2.17. The van der Waals surface area contributed by atoms with Crippen LogP contribution < -0.4 is 5.32 Å². The zero-order valence-corrected chi connectivity index (χ0v) is 13.8. The Morgan fingerprint density at radius 2 is 2.14 bits per heavy atom. The van der Waals surface area contributed by atoms with Gasteiger partial charge in [0.2, 0.25) is 5.13 Å². The standard InChI is InChI=1S/C13H14N4O3S2/c1-7(2)21-13-16-15-12(22-13)14-11(18)9-5-4-6-10(8(9)3)17(19)20/h4-7H,1-3H3,(H,14,15,18). The molecule has 0 bridgehead atoms. The molecule has 0 atom stereocenters. The van der Waals surface area contributed by atoms with Gasteiger partial charge >= 0.3 is 0 Å². The summed E-state index contributed by atoms with van der Waals surface area (Å²) in [5, 5.41) is 22.2. The highest BCUT2D eigenvalue weighted by molar-refractivity contribution is 8.01. The van der Waals surface area contributed by atoms with Crippen LogP contribution in [0.15, 0.2) is 22.5 Å². The van der Waals surface area contributed by atoms with Crippen LogP contribution in [-0.4, -0.2) is 26.3 Å². The first-order chi connectivity index (χ1) is 10.4. The number of nitro benzene ring substituents is 1. The summed E-state index contributed by atoms with van der Waals surface area (Å²) in [4.78, 5) is 22.6. The van der Waals surface area contributed by atoms with Crippen LogP contribution in [0.25, 0.3) is 0 Å². The smallest absolute Gasteiger partial charge is 0.273 e. The predicted molar refractivity (Wildman–Crippen MR) is 86.7 cm³/mol. The van der Waals surface area contributed by atoms with Gasteiger partial charge in [-0.3, -0.25) is 20.2 Å². The van der Waals surface area contributed by atoms with Crippen molar-refractivity contribution in [1.29, 1.82) is 0 Å². The highest BCUT2D eigenvalue weighted by Gasteiger charge is 2.19. The number of carbonyl (C=O) groups excluding carboxylic acids is 1. The third-order valence-corrected chi connectivity index (χ3v) is 4.64. The van der Waals surface area contributed by atoms with E-state index in [0.717, 1.165) is 4.34 Å². The summed E-state index contributed by atoms with van der Waals surface area (Å²) in [6, 6.07) is 4.40. The van der Waals surface area contributed by atoms with Crippen molar-refractivity contribution < 1.29 is 9.72 Å². The van der Waals surface area contributed by atoms with Crippen molar-refractivity contribution in [1.82, 2.24) is 10.2 Å². The quantitative estimate of drug-likeness (QED) is 0.388. The Hall–Kier alpha value is -2.00. The molecule has 0 unspecified atom stereocenters. The van der Waals surface area contributed by atoms with E-state index in [0.29, 0.717) is 15.9 Å². The zero-order chi connectivity index (χ0) is 16.3. The van der Waals surface area contributed by atoms with E-state index < -0.39 is 10.8 Å². The van der Waals surface area contributed by atoms with Gasteiger partial charge in [-0.1, -0.05) is 43.0 Å². The molecule has 9 heteroatoms. The molecule has 2 aromatic rings. The van der Waals surface area contributed by atoms with Crippen molar-refractivity contribution in [3.63, 3.8) is 0 Å². The number of nitrogens with one attached hydrogen (secondary N) is 1. The average Bonchev–Trinajstić information content (AvgIpc) is 2.84. The lowest BCUT2D eigenvalue weighted by molar-refractivity contribution is -0.385. The number of anilines is 1. The minimum Gasteiger partial charge on any atom is -0.296 e. The predicted octanol–water partition coefficient (Wildman–Crippen LogP) is 3.51. The van der Waals surface area contributed by atoms with Gasteiger partial charge in [-0.05, 0) is 13.0 Å². The van der Waals surface area contributed by atoms with E-state index in [-0.39, 0.29) is 11.3 Å². The molecule has 1 aromatic heterocycles. The molecule has 1 amide bonds. The Kier molecular flexibility index (Phi) is 5.09. The minimum atomic E-state index is -0.506. The van der Waals surface area contributed by atoms with Gasteiger partial charge in [0, 0.05) is 22.4 Å². The number of nitro groups is 1. The molecule has 0 fully saturated rings. The van der Waals surface area contributed by atoms with Gasteiger partial charge in [0.15, 0.2) is 4.34 Å². The first kappa shape index (κ1) is 16.4. The lowest BCUT2D eigenvalue weighted by atomic mass is 10.1. The third-order valence-electron chi connectivity index (χ3n) is 2.71. The van der Waals surface area contributed by atoms with Crippen LogP contribution in [0.2, 0.25) is 0 Å². The molecule has 0 saturated heterocycles. The molecule has 2 rings (SSSR count). The van der Waals surface area contributed by atoms with Crippen LogP contribution >= 0.6 is 23.1 Å². The third kappa shape index (κ3) is 3.80. The lowest BCUT2D eigenvalue weighted by Gasteiger charge is -2.05. The van der Waals surface area contributed by atoms with Gasteiger partial charge < -0.3 is 0 Å². The Labute approximate surface area is 135 Å². The van der Waals surface area contributed by atoms with Crippen LogP contribution in [-0.2, 0) is 0 Å². The van der Waals surface area contributed by atoms with E-state index in [2.05, 4.69) is 15.5 Å². The van der Waals surface area contributed by atoms with Crippen molar-refractivity contribution in [2.45, 2.75) is 30.4 Å². The molecule has 116 valence electrons. The van der Waals surface area contributed by atoms with Gasteiger partial charge in [-0.25, -0.2) is 0 Å². The summed E-state index contributed by atoms with van der Waals surface area (Å²) in [6.45, 7) is 5.63. The number of hydrogen-bond donors (Lipinski definition) is 1. The summed E-state index contributed by atoms with van der Waals surface area (Å²) in [5.74, 6) is -0.432. The Bertz CT molecular complexity index is 715. The van der Waals surface area contributed by atoms with Crippen LogP contribution in [0.5, 0.6) is 0 Å². The number of rotatable bonds is 5. The molecule has 0 radical (unpaired) electrons. The summed E-state index contributed by atoms with van der Waals surface area (Å²) in [7, 11) is 0. The molecule has 0 saturated carbocycles. The number of hydrogen-bond acceptors (Lipinski definition) is 7. The molecule has 0 aliphatic rings. The molecule has 22 heavy (non-hydrogen) atoms. The second kappa shape index (κ2) is 6.84. The summed E-state index contributed by atoms with van der Waals surface area (Å²) in [5.41, 5.74) is 0.495. The fraction of sp³-hybridized carbons (Fsp3) is 0.308. The number of nitrogens with zero attached hydrogens (tertiary/aromatic N) is 3. The molecule has 1 aromatic carbocycles. The summed E-state index contributed by atoms with van der Waals surface area (Å²) < 4.78 is 0.765. The molecule has 0 spiro atoms. The zero-order valence-electron chi connectivity index (χ0n) is 12.2. The second-order valence-corrected chi connectivity index (χ2v) is 7.50. The van der Waals surface area contributed by atoms with Gasteiger partial charge in [0.05, 0.1) is 4.92 Å². The summed E-state index contributed by atoms with van der Waals surface area (Å²) >= 11 is 2.83. The highest BCUT2D eigenvalue weighted by Crippen LogP contribution is 2.29. The number of amides is 1. The van der Waals surface area contributed by atoms with Crippen LogP contribution in [0.4, 0.5) is 10.8 Å². The van der Waals surface area contributed by atoms with Crippen molar-refractivity contribution >= 4 is 39.8 Å². The molecule has 1 heterocycles. The first-order valence-corrected chi connectivity index (χ1v) is 8.13. The van der Waals surface area contributed by atoms with Gasteiger partial charge in [-0.2, -0.15) is 0 Å². The SMILES string of the molecule is Cc1c(C(=O)Nc2nnc(SC(C)C)s2)cccc1[N+](=O)[O-]. The van der Waals surface area contributed by atoms with Gasteiger partial charge in [-0.15, -0.1) is 10.2 Å². The van der Waals surface area contributed by atoms with E-state index in [1.807, 2.05) is 13.8 Å². The number of thioether (sulfide) groups is 1. The van der Waals surface area contributed by atoms with E-state index in [1.54, 1.807) is 24.8 Å². The number of aromatic nitrogens is 2. The van der Waals surface area contributed by atoms with Crippen molar-refractivity contribution in [3.8, 4) is 0 Å². The average molecular weight is 338 g/mol. The monoisotopic (exact) mass is 338 g/mol. The van der Waals surface area contributed by atoms with Crippen LogP contribution in [0, 0.1) is 17.0 Å². The Morgan fingerprint density at radius 1 is 1.41 bits per heavy atom. The van der Waals surface area contributed by atoms with Crippen molar-refractivity contribution in [3.05, 3.63) is 39.4 Å². The fourth-order valence-corrected chi connectivity index (χ4v) is 3.71. The number of benzene rings is 1. The van der Waals surface area contributed by atoms with E-state index in [1.165, 1.54) is 23.5 Å². The molecule has 1 N–H and O–H groups in total. The molecule has 7 nitrogen and oxygen atoms in total. The van der Waals surface area contributed by atoms with Crippen LogP contribution in [0.1, 0.15) is 29.8 Å². The van der Waals surface area contributed by atoms with Gasteiger partial charge in [0.1, 0.15) is 0 Å².